The van der Waals surface area contributed by atoms with Crippen molar-refractivity contribution in [2.45, 2.75) is 9.79 Å². The van der Waals surface area contributed by atoms with Crippen molar-refractivity contribution in [3.63, 3.8) is 0 Å². The minimum Gasteiger partial charge on any atom is -0.407 e. The molecule has 0 aliphatic rings. The van der Waals surface area contributed by atoms with E-state index in [-0.39, 0.29) is 32.3 Å². The summed E-state index contributed by atoms with van der Waals surface area (Å²) in [6.07, 6.45) is -2.14. The lowest BCUT2D eigenvalue weighted by molar-refractivity contribution is 0.169. The molecule has 0 saturated carbocycles. The van der Waals surface area contributed by atoms with E-state index in [2.05, 4.69) is 0 Å². The van der Waals surface area contributed by atoms with Crippen LogP contribution < -0.4 is 14.2 Å². The number of carbonyl (C=O) groups is 3. The van der Waals surface area contributed by atoms with Crippen LogP contribution in [0.5, 0.6) is 17.2 Å². The molecule has 0 aliphatic carbocycles. The number of hydrogen-bond donors (Lipinski definition) is 0. The van der Waals surface area contributed by atoms with Gasteiger partial charge >= 0.3 is 18.3 Å². The summed E-state index contributed by atoms with van der Waals surface area (Å²) >= 11 is 17.7. The molecule has 0 aromatic heterocycles. The standard InChI is InChI=1S/C18H16Cl2F2N2O4S2.C9H9ClFNO2/c1-23(2)17(25)27-13-7-15(9(19)5-11(13)21)29-30-16-8-14(12(22)6-10(16)20)28-18(26)24(3)4;1-12(2)9(13)14-8-4-3-6(10)5-7(8)11/h5-8H,1-4H3;3-5H,1-2H3. The van der Waals surface area contributed by atoms with Gasteiger partial charge in [0.1, 0.15) is 0 Å². The molecule has 3 rings (SSSR count). The lowest BCUT2D eigenvalue weighted by Crippen LogP contribution is -2.25. The highest BCUT2D eigenvalue weighted by atomic mass is 35.5. The van der Waals surface area contributed by atoms with Crippen molar-refractivity contribution >= 4 is 74.7 Å². The minimum atomic E-state index is -0.803. The zero-order chi connectivity index (χ0) is 33.3. The third kappa shape index (κ3) is 11.1. The van der Waals surface area contributed by atoms with E-state index in [0.29, 0.717) is 9.79 Å². The van der Waals surface area contributed by atoms with Crippen molar-refractivity contribution in [1.29, 1.82) is 0 Å². The Morgan fingerprint density at radius 1 is 0.568 bits per heavy atom. The van der Waals surface area contributed by atoms with Crippen LogP contribution in [0, 0.1) is 17.5 Å². The number of halogens is 6. The first-order valence-corrected chi connectivity index (χ1v) is 15.2. The second kappa shape index (κ2) is 16.8. The van der Waals surface area contributed by atoms with E-state index in [1.807, 2.05) is 0 Å². The predicted octanol–water partition coefficient (Wildman–Crippen LogP) is 8.73. The molecule has 238 valence electrons. The van der Waals surface area contributed by atoms with Crippen molar-refractivity contribution in [3.8, 4) is 17.2 Å². The molecule has 44 heavy (non-hydrogen) atoms. The van der Waals surface area contributed by atoms with Crippen LogP contribution in [0.1, 0.15) is 0 Å². The average molecular weight is 715 g/mol. The Labute approximate surface area is 274 Å². The second-order valence-corrected chi connectivity index (χ2v) is 12.4. The predicted molar refractivity (Wildman–Crippen MR) is 165 cm³/mol. The highest BCUT2D eigenvalue weighted by molar-refractivity contribution is 8.76. The summed E-state index contributed by atoms with van der Waals surface area (Å²) in [4.78, 5) is 38.7. The van der Waals surface area contributed by atoms with Gasteiger partial charge in [-0.2, -0.15) is 0 Å². The van der Waals surface area contributed by atoms with Crippen LogP contribution in [0.15, 0.2) is 52.3 Å². The zero-order valence-electron chi connectivity index (χ0n) is 23.9. The molecule has 0 N–H and O–H groups in total. The van der Waals surface area contributed by atoms with E-state index < -0.39 is 35.7 Å². The van der Waals surface area contributed by atoms with Gasteiger partial charge in [-0.1, -0.05) is 56.4 Å². The number of nitrogens with zero attached hydrogens (tertiary/aromatic N) is 3. The summed E-state index contributed by atoms with van der Waals surface area (Å²) in [5.41, 5.74) is 0. The van der Waals surface area contributed by atoms with Gasteiger partial charge in [0.25, 0.3) is 0 Å². The topological polar surface area (TPSA) is 88.6 Å². The molecular weight excluding hydrogens is 690 g/mol. The highest BCUT2D eigenvalue weighted by Gasteiger charge is 2.18. The summed E-state index contributed by atoms with van der Waals surface area (Å²) in [5, 5.41) is 0.409. The van der Waals surface area contributed by atoms with E-state index in [1.165, 1.54) is 71.5 Å². The van der Waals surface area contributed by atoms with Crippen LogP contribution in [-0.2, 0) is 0 Å². The molecule has 0 radical (unpaired) electrons. The normalized spacial score (nSPS) is 10.3. The van der Waals surface area contributed by atoms with Gasteiger partial charge in [-0.05, 0) is 30.3 Å². The second-order valence-electron chi connectivity index (χ2n) is 8.95. The molecule has 3 amide bonds. The molecule has 0 unspecified atom stereocenters. The van der Waals surface area contributed by atoms with Gasteiger partial charge in [-0.25, -0.2) is 27.6 Å². The first-order valence-electron chi connectivity index (χ1n) is 11.9. The fourth-order valence-electron chi connectivity index (χ4n) is 2.51. The van der Waals surface area contributed by atoms with Crippen molar-refractivity contribution in [2.24, 2.45) is 0 Å². The maximum Gasteiger partial charge on any atom is 0.414 e. The number of carbonyl (C=O) groups excluding carboxylic acids is 3. The fourth-order valence-corrected chi connectivity index (χ4v) is 5.61. The quantitative estimate of drug-likeness (QED) is 0.234. The van der Waals surface area contributed by atoms with E-state index >= 15 is 0 Å². The van der Waals surface area contributed by atoms with Crippen LogP contribution >= 0.6 is 56.4 Å². The van der Waals surface area contributed by atoms with Gasteiger partial charge in [0.05, 0.1) is 10.0 Å². The van der Waals surface area contributed by atoms with Gasteiger partial charge in [0.15, 0.2) is 34.7 Å². The largest absolute Gasteiger partial charge is 0.414 e. The van der Waals surface area contributed by atoms with Crippen LogP contribution in [-0.4, -0.2) is 75.3 Å². The Hall–Kier alpha value is -3.17. The van der Waals surface area contributed by atoms with E-state index in [9.17, 15) is 27.6 Å². The maximum atomic E-state index is 14.1. The Kier molecular flexibility index (Phi) is 14.1. The Balaban J connectivity index is 0.000000402. The molecule has 0 spiro atoms. The third-order valence-corrected chi connectivity index (χ3v) is 8.31. The molecule has 17 heteroatoms. The first kappa shape index (κ1) is 37.0. The number of rotatable bonds is 6. The molecular formula is C27H25Cl3F3N3O6S2. The lowest BCUT2D eigenvalue weighted by Gasteiger charge is -2.14. The van der Waals surface area contributed by atoms with E-state index in [4.69, 9.17) is 49.0 Å². The Morgan fingerprint density at radius 3 is 1.25 bits per heavy atom. The molecule has 0 aliphatic heterocycles. The van der Waals surface area contributed by atoms with Gasteiger partial charge in [-0.3, -0.25) is 0 Å². The molecule has 0 atom stereocenters. The lowest BCUT2D eigenvalue weighted by atomic mass is 10.3. The summed E-state index contributed by atoms with van der Waals surface area (Å²) in [7, 11) is 11.0. The molecule has 3 aromatic carbocycles. The average Bonchev–Trinajstić information content (AvgIpc) is 2.93. The Bertz CT molecular complexity index is 1460. The van der Waals surface area contributed by atoms with Crippen LogP contribution in [0.3, 0.4) is 0 Å². The third-order valence-electron chi connectivity index (χ3n) is 4.78. The van der Waals surface area contributed by atoms with Crippen molar-refractivity contribution in [1.82, 2.24) is 14.7 Å². The van der Waals surface area contributed by atoms with E-state index in [1.54, 1.807) is 0 Å². The molecule has 0 fully saturated rings. The van der Waals surface area contributed by atoms with Crippen molar-refractivity contribution in [3.05, 3.63) is 75.0 Å². The number of benzene rings is 3. The SMILES string of the molecule is CN(C)C(=O)Oc1cc(SSc2cc(OC(=O)N(C)C)c(F)cc2Cl)c(Cl)cc1F.CN(C)C(=O)Oc1ccc(Cl)cc1F. The molecule has 0 saturated heterocycles. The van der Waals surface area contributed by atoms with Gasteiger partial charge in [0.2, 0.25) is 0 Å². The summed E-state index contributed by atoms with van der Waals surface area (Å²) in [6, 6.07) is 8.39. The van der Waals surface area contributed by atoms with E-state index in [0.717, 1.165) is 49.6 Å². The van der Waals surface area contributed by atoms with Gasteiger partial charge in [0, 0.05) is 69.2 Å². The number of ether oxygens (including phenoxy) is 3. The summed E-state index contributed by atoms with van der Waals surface area (Å²) in [5.74, 6) is -3.00. The summed E-state index contributed by atoms with van der Waals surface area (Å²) < 4.78 is 55.9. The van der Waals surface area contributed by atoms with Gasteiger partial charge < -0.3 is 28.9 Å². The van der Waals surface area contributed by atoms with Crippen LogP contribution in [0.25, 0.3) is 0 Å². The molecule has 9 nitrogen and oxygen atoms in total. The smallest absolute Gasteiger partial charge is 0.407 e. The first-order chi connectivity index (χ1) is 20.5. The molecule has 3 aromatic rings. The summed E-state index contributed by atoms with van der Waals surface area (Å²) in [6.45, 7) is 0. The molecule has 0 bridgehead atoms. The van der Waals surface area contributed by atoms with Crippen LogP contribution in [0.2, 0.25) is 15.1 Å². The van der Waals surface area contributed by atoms with Crippen molar-refractivity contribution < 1.29 is 41.8 Å². The Morgan fingerprint density at radius 2 is 0.909 bits per heavy atom. The highest BCUT2D eigenvalue weighted by Crippen LogP contribution is 2.46. The van der Waals surface area contributed by atoms with Crippen molar-refractivity contribution in [2.75, 3.05) is 42.3 Å². The maximum absolute atomic E-state index is 14.1. The number of hydrogen-bond acceptors (Lipinski definition) is 8. The minimum absolute atomic E-state index is 0.0761. The van der Waals surface area contributed by atoms with Crippen LogP contribution in [0.4, 0.5) is 27.6 Å². The van der Waals surface area contributed by atoms with Gasteiger partial charge in [-0.15, -0.1) is 0 Å². The fraction of sp³-hybridized carbons (Fsp3) is 0.222. The number of amides is 3. The zero-order valence-corrected chi connectivity index (χ0v) is 27.8. The molecule has 0 heterocycles. The monoisotopic (exact) mass is 713 g/mol.